The van der Waals surface area contributed by atoms with Crippen molar-refractivity contribution in [1.29, 1.82) is 0 Å². The van der Waals surface area contributed by atoms with Gasteiger partial charge in [0.2, 0.25) is 0 Å². The minimum atomic E-state index is -0.375. The van der Waals surface area contributed by atoms with E-state index >= 15 is 0 Å². The van der Waals surface area contributed by atoms with Crippen molar-refractivity contribution < 1.29 is 30.3 Å². The van der Waals surface area contributed by atoms with Gasteiger partial charge >= 0.3 is 20.1 Å². The molecular formula is C41H50IrN3O2. The van der Waals surface area contributed by atoms with E-state index in [-0.39, 0.29) is 32.3 Å². The number of para-hydroxylation sites is 1. The van der Waals surface area contributed by atoms with E-state index in [1.165, 1.54) is 79.9 Å². The van der Waals surface area contributed by atoms with E-state index < -0.39 is 0 Å². The Bertz CT molecular complexity index is 1500. The van der Waals surface area contributed by atoms with Crippen LogP contribution in [0.15, 0.2) is 97.0 Å². The molecule has 0 bridgehead atoms. The minimum Gasteiger partial charge on any atom is -0.510 e. The summed E-state index contributed by atoms with van der Waals surface area (Å²) in [7, 11) is 2.13. The molecule has 3 aromatic carbocycles. The summed E-state index contributed by atoms with van der Waals surface area (Å²) in [6.45, 7) is 5.52. The van der Waals surface area contributed by atoms with Crippen molar-refractivity contribution in [3.05, 3.63) is 116 Å². The minimum absolute atomic E-state index is 0. The summed E-state index contributed by atoms with van der Waals surface area (Å²) in [5.74, 6) is 0.706. The number of hydrogen-bond donors (Lipinski definition) is 2. The molecule has 4 aromatic rings. The van der Waals surface area contributed by atoms with Crippen molar-refractivity contribution in [3.63, 3.8) is 0 Å². The number of allylic oxidation sites excluding steroid dienone is 1. The van der Waals surface area contributed by atoms with Crippen LogP contribution in [0.5, 0.6) is 0 Å². The molecule has 1 aliphatic heterocycles. The monoisotopic (exact) mass is 809 g/mol. The number of benzene rings is 3. The fourth-order valence-corrected chi connectivity index (χ4v) is 7.29. The number of fused-ring (bicyclic) bond motifs is 1. The zero-order valence-electron chi connectivity index (χ0n) is 28.1. The maximum Gasteiger partial charge on any atom is 3.00 e. The molecule has 47 heavy (non-hydrogen) atoms. The van der Waals surface area contributed by atoms with E-state index in [1.54, 1.807) is 13.8 Å². The number of anilines is 1. The summed E-state index contributed by atoms with van der Waals surface area (Å²) >= 11 is 0. The maximum absolute atomic E-state index is 8.56. The van der Waals surface area contributed by atoms with Gasteiger partial charge in [0, 0.05) is 11.9 Å². The number of pyridine rings is 1. The van der Waals surface area contributed by atoms with Crippen molar-refractivity contribution in [2.24, 2.45) is 11.3 Å². The van der Waals surface area contributed by atoms with Crippen LogP contribution in [0.1, 0.15) is 78.1 Å². The number of nitrogens with zero attached hydrogens (tertiary/aromatic N) is 3. The molecule has 2 heterocycles. The SMILES string of the molecule is CC(O)CC(C)O.CN1C=C(C2CCC3(CCCCC3)CC2)N(c2[c-]cccc2)[CH-]1.[Ir+3].[c-]1ccccc1-c1nccc2ccccc12. The third kappa shape index (κ3) is 10.2. The van der Waals surface area contributed by atoms with E-state index in [4.69, 9.17) is 10.2 Å². The Hall–Kier alpha value is -3.02. The predicted octanol–water partition coefficient (Wildman–Crippen LogP) is 9.18. The van der Waals surface area contributed by atoms with Gasteiger partial charge < -0.3 is 25.0 Å². The Morgan fingerprint density at radius 3 is 2.13 bits per heavy atom. The van der Waals surface area contributed by atoms with Crippen molar-refractivity contribution in [3.8, 4) is 11.3 Å². The van der Waals surface area contributed by atoms with Gasteiger partial charge in [-0.05, 0) is 106 Å². The molecular weight excluding hydrogens is 759 g/mol. The Kier molecular flexibility index (Phi) is 14.0. The summed E-state index contributed by atoms with van der Waals surface area (Å²) in [6, 6.07) is 33.2. The second-order valence-corrected chi connectivity index (χ2v) is 13.4. The smallest absolute Gasteiger partial charge is 0.510 e. The molecule has 2 N–H and O–H groups in total. The van der Waals surface area contributed by atoms with E-state index in [0.717, 1.165) is 11.3 Å². The van der Waals surface area contributed by atoms with E-state index in [2.05, 4.69) is 71.1 Å². The first-order chi connectivity index (χ1) is 22.3. The molecule has 0 radical (unpaired) electrons. The summed E-state index contributed by atoms with van der Waals surface area (Å²) < 4.78 is 0. The molecule has 5 nitrogen and oxygen atoms in total. The van der Waals surface area contributed by atoms with Crippen LogP contribution in [0.3, 0.4) is 0 Å². The Morgan fingerprint density at radius 1 is 0.851 bits per heavy atom. The molecule has 0 saturated heterocycles. The van der Waals surface area contributed by atoms with Gasteiger partial charge in [0.1, 0.15) is 0 Å². The number of hydrogen-bond acceptors (Lipinski definition) is 5. The Morgan fingerprint density at radius 2 is 1.51 bits per heavy atom. The van der Waals surface area contributed by atoms with Gasteiger partial charge in [-0.25, -0.2) is 0 Å². The number of aromatic nitrogens is 1. The predicted molar refractivity (Wildman–Crippen MR) is 189 cm³/mol. The van der Waals surface area contributed by atoms with Gasteiger partial charge in [-0.3, -0.25) is 0 Å². The summed E-state index contributed by atoms with van der Waals surface area (Å²) in [5.41, 5.74) is 5.38. The topological polar surface area (TPSA) is 59.8 Å². The molecule has 1 spiro atoms. The van der Waals surface area contributed by atoms with E-state index in [9.17, 15) is 0 Å². The zero-order valence-corrected chi connectivity index (χ0v) is 30.5. The van der Waals surface area contributed by atoms with Crippen molar-refractivity contribution >= 4 is 16.5 Å². The first-order valence-electron chi connectivity index (χ1n) is 17.1. The fraction of sp³-hybridized carbons (Fsp3) is 0.415. The van der Waals surface area contributed by atoms with Gasteiger partial charge in [0.05, 0.1) is 12.2 Å². The third-order valence-electron chi connectivity index (χ3n) is 9.56. The molecule has 0 amide bonds. The first-order valence-corrected chi connectivity index (χ1v) is 17.1. The van der Waals surface area contributed by atoms with Crippen molar-refractivity contribution in [2.75, 3.05) is 11.9 Å². The van der Waals surface area contributed by atoms with Crippen molar-refractivity contribution in [2.45, 2.75) is 90.3 Å². The van der Waals surface area contributed by atoms with Gasteiger partial charge in [-0.1, -0.05) is 43.5 Å². The largest absolute Gasteiger partial charge is 3.00 e. The molecule has 2 aliphatic carbocycles. The summed E-state index contributed by atoms with van der Waals surface area (Å²) in [6.07, 6.45) is 16.9. The second-order valence-electron chi connectivity index (χ2n) is 13.4. The molecule has 1 aromatic heterocycles. The standard InChI is InChI=1S/C21H28N2.C15H10N.C5H12O2.Ir/c1-22-16-20(23(17-22)19-8-4-2-5-9-19)18-10-14-21(15-11-18)12-6-3-7-13-21;1-2-7-13(8-3-1)15-14-9-5-4-6-12(14)10-11-16-15;1-4(6)3-5(2)7;/h2,4-5,8,16-18H,3,6-7,10-15H2,1H3;1-7,9-11H;4-7H,3H2,1-2H3;/q-2;-1;;+3. The van der Waals surface area contributed by atoms with Gasteiger partial charge in [-0.2, -0.15) is 37.0 Å². The fourth-order valence-electron chi connectivity index (χ4n) is 7.29. The number of aliphatic hydroxyl groups is 2. The average molecular weight is 809 g/mol. The number of aliphatic hydroxyl groups excluding tert-OH is 2. The summed E-state index contributed by atoms with van der Waals surface area (Å²) in [5, 5.41) is 19.5. The van der Waals surface area contributed by atoms with Crippen LogP contribution in [0.4, 0.5) is 5.69 Å². The van der Waals surface area contributed by atoms with Gasteiger partial charge in [0.15, 0.2) is 0 Å². The molecule has 2 saturated carbocycles. The van der Waals surface area contributed by atoms with Crippen LogP contribution in [-0.4, -0.2) is 39.4 Å². The summed E-state index contributed by atoms with van der Waals surface area (Å²) in [4.78, 5) is 8.99. The van der Waals surface area contributed by atoms with E-state index in [0.29, 0.717) is 17.8 Å². The molecule has 2 fully saturated rings. The van der Waals surface area contributed by atoms with Crippen LogP contribution in [0.2, 0.25) is 0 Å². The zero-order chi connectivity index (χ0) is 32.4. The van der Waals surface area contributed by atoms with Gasteiger partial charge in [0.25, 0.3) is 0 Å². The quantitative estimate of drug-likeness (QED) is 0.197. The third-order valence-corrected chi connectivity index (χ3v) is 9.56. The Balaban J connectivity index is 0.000000181. The molecule has 3 aliphatic rings. The molecule has 2 atom stereocenters. The van der Waals surface area contributed by atoms with Gasteiger partial charge in [-0.15, -0.1) is 41.6 Å². The van der Waals surface area contributed by atoms with Crippen LogP contribution in [0, 0.1) is 30.1 Å². The Labute approximate surface area is 296 Å². The van der Waals surface area contributed by atoms with Crippen LogP contribution in [0.25, 0.3) is 22.0 Å². The van der Waals surface area contributed by atoms with Crippen LogP contribution in [-0.2, 0) is 20.1 Å². The maximum atomic E-state index is 8.56. The van der Waals surface area contributed by atoms with Crippen LogP contribution >= 0.6 is 0 Å². The molecule has 250 valence electrons. The first kappa shape index (κ1) is 36.8. The normalized spacial score (nSPS) is 18.6. The second kappa shape index (κ2) is 17.9. The average Bonchev–Trinajstić information content (AvgIpc) is 3.47. The molecule has 7 rings (SSSR count). The number of rotatable bonds is 5. The molecule has 6 heteroatoms. The molecule has 2 unspecified atom stereocenters. The van der Waals surface area contributed by atoms with Crippen molar-refractivity contribution in [1.82, 2.24) is 9.88 Å². The van der Waals surface area contributed by atoms with Crippen LogP contribution < -0.4 is 4.90 Å². The van der Waals surface area contributed by atoms with E-state index in [1.807, 2.05) is 60.8 Å².